The summed E-state index contributed by atoms with van der Waals surface area (Å²) >= 11 is 0. The normalized spacial score (nSPS) is 11.1. The summed E-state index contributed by atoms with van der Waals surface area (Å²) in [4.78, 5) is 18.1. The summed E-state index contributed by atoms with van der Waals surface area (Å²) in [5, 5.41) is 12.1. The second kappa shape index (κ2) is 5.69. The molecule has 0 aliphatic heterocycles. The molecule has 22 heavy (non-hydrogen) atoms. The largest absolute Gasteiger partial charge is 0.496 e. The third-order valence-electron chi connectivity index (χ3n) is 3.34. The Bertz CT molecular complexity index is 868. The smallest absolute Gasteiger partial charge is 0.298 e. The van der Waals surface area contributed by atoms with E-state index in [1.54, 1.807) is 18.3 Å². The van der Waals surface area contributed by atoms with Crippen molar-refractivity contribution in [2.45, 2.75) is 0 Å². The molecule has 0 fully saturated rings. The van der Waals surface area contributed by atoms with Gasteiger partial charge in [-0.1, -0.05) is 18.2 Å². The number of hydrogen-bond donors (Lipinski definition) is 1. The first-order valence-electron chi connectivity index (χ1n) is 6.61. The number of aromatic nitrogens is 1. The second-order valence-corrected chi connectivity index (χ2v) is 4.66. The van der Waals surface area contributed by atoms with Crippen molar-refractivity contribution in [3.05, 3.63) is 64.3 Å². The number of benzene rings is 2. The number of hydrogen-bond acceptors (Lipinski definition) is 4. The molecule has 3 aromatic rings. The summed E-state index contributed by atoms with van der Waals surface area (Å²) in [6.07, 6.45) is 3.44. The van der Waals surface area contributed by atoms with Crippen LogP contribution < -0.4 is 4.74 Å². The zero-order valence-corrected chi connectivity index (χ0v) is 11.8. The summed E-state index contributed by atoms with van der Waals surface area (Å²) in [5.74, 6) is 0.428. The molecule has 0 aliphatic rings. The van der Waals surface area contributed by atoms with Crippen molar-refractivity contribution >= 4 is 28.5 Å². The lowest BCUT2D eigenvalue weighted by molar-refractivity contribution is -0.384. The lowest BCUT2D eigenvalue weighted by atomic mass is 10.2. The molecule has 0 aliphatic carbocycles. The molecule has 0 radical (unpaired) electrons. The maximum atomic E-state index is 11.1. The van der Waals surface area contributed by atoms with Crippen LogP contribution in [0.25, 0.3) is 10.9 Å². The SMILES string of the molecule is COc1ccc(N=Cc2c[nH]c3ccccc23)c([N+](=O)[O-])c1. The predicted octanol–water partition coefficient (Wildman–Crippen LogP) is 3.84. The molecule has 1 aromatic heterocycles. The minimum Gasteiger partial charge on any atom is -0.496 e. The van der Waals surface area contributed by atoms with Gasteiger partial charge in [0, 0.05) is 28.9 Å². The number of rotatable bonds is 4. The summed E-state index contributed by atoms with van der Waals surface area (Å²) in [7, 11) is 1.47. The van der Waals surface area contributed by atoms with Gasteiger partial charge in [-0.25, -0.2) is 4.99 Å². The van der Waals surface area contributed by atoms with Gasteiger partial charge in [0.15, 0.2) is 0 Å². The highest BCUT2D eigenvalue weighted by atomic mass is 16.6. The van der Waals surface area contributed by atoms with Gasteiger partial charge in [-0.3, -0.25) is 10.1 Å². The molecule has 6 heteroatoms. The van der Waals surface area contributed by atoms with Gasteiger partial charge in [-0.15, -0.1) is 0 Å². The van der Waals surface area contributed by atoms with Crippen LogP contribution in [0.3, 0.4) is 0 Å². The number of methoxy groups -OCH3 is 1. The number of aromatic amines is 1. The predicted molar refractivity (Wildman–Crippen MR) is 85.2 cm³/mol. The molecule has 0 spiro atoms. The van der Waals surface area contributed by atoms with Crippen molar-refractivity contribution < 1.29 is 9.66 Å². The van der Waals surface area contributed by atoms with Crippen LogP contribution in [0.15, 0.2) is 53.7 Å². The van der Waals surface area contributed by atoms with E-state index in [1.807, 2.05) is 30.5 Å². The van der Waals surface area contributed by atoms with Crippen LogP contribution >= 0.6 is 0 Å². The van der Waals surface area contributed by atoms with Crippen molar-refractivity contribution in [3.63, 3.8) is 0 Å². The van der Waals surface area contributed by atoms with E-state index in [9.17, 15) is 10.1 Å². The highest BCUT2D eigenvalue weighted by molar-refractivity contribution is 5.99. The van der Waals surface area contributed by atoms with Crippen LogP contribution in [0.5, 0.6) is 5.75 Å². The number of aliphatic imine (C=N–C) groups is 1. The number of nitrogens with one attached hydrogen (secondary N) is 1. The topological polar surface area (TPSA) is 80.5 Å². The lowest BCUT2D eigenvalue weighted by Gasteiger charge is -2.01. The minimum absolute atomic E-state index is 0.0876. The number of H-pyrrole nitrogens is 1. The van der Waals surface area contributed by atoms with Crippen molar-refractivity contribution in [1.29, 1.82) is 0 Å². The van der Waals surface area contributed by atoms with Crippen LogP contribution in [0.1, 0.15) is 5.56 Å². The maximum absolute atomic E-state index is 11.1. The van der Waals surface area contributed by atoms with E-state index in [-0.39, 0.29) is 11.4 Å². The molecule has 6 nitrogen and oxygen atoms in total. The van der Waals surface area contributed by atoms with E-state index in [0.29, 0.717) is 5.75 Å². The summed E-state index contributed by atoms with van der Waals surface area (Å²) < 4.78 is 5.01. The van der Waals surface area contributed by atoms with Crippen molar-refractivity contribution in [2.24, 2.45) is 4.99 Å². The number of nitro groups is 1. The molecule has 0 unspecified atom stereocenters. The standard InChI is InChI=1S/C16H13N3O3/c1-22-12-6-7-15(16(8-12)19(20)21)18-10-11-9-17-14-5-3-2-4-13(11)14/h2-10,17H,1H3. The fraction of sp³-hybridized carbons (Fsp3) is 0.0625. The zero-order chi connectivity index (χ0) is 15.5. The Kier molecular flexibility index (Phi) is 3.57. The molecular weight excluding hydrogens is 282 g/mol. The van der Waals surface area contributed by atoms with E-state index in [4.69, 9.17) is 4.74 Å². The number of fused-ring (bicyclic) bond motifs is 1. The number of nitro benzene ring substituents is 1. The maximum Gasteiger partial charge on any atom is 0.298 e. The lowest BCUT2D eigenvalue weighted by Crippen LogP contribution is -1.91. The average molecular weight is 295 g/mol. The highest BCUT2D eigenvalue weighted by Crippen LogP contribution is 2.31. The Balaban J connectivity index is 2.00. The average Bonchev–Trinajstić information content (AvgIpc) is 2.96. The molecular formula is C16H13N3O3. The van der Waals surface area contributed by atoms with Crippen LogP contribution in [0.2, 0.25) is 0 Å². The van der Waals surface area contributed by atoms with Crippen LogP contribution in [-0.4, -0.2) is 23.2 Å². The Morgan fingerprint density at radius 2 is 2.09 bits per heavy atom. The van der Waals surface area contributed by atoms with Gasteiger partial charge in [0.2, 0.25) is 0 Å². The summed E-state index contributed by atoms with van der Waals surface area (Å²) in [6.45, 7) is 0. The summed E-state index contributed by atoms with van der Waals surface area (Å²) in [6, 6.07) is 12.4. The molecule has 0 saturated carbocycles. The molecule has 1 N–H and O–H groups in total. The quantitative estimate of drug-likeness (QED) is 0.451. The summed E-state index contributed by atoms with van der Waals surface area (Å²) in [5.41, 5.74) is 2.07. The number of para-hydroxylation sites is 1. The molecule has 0 amide bonds. The van der Waals surface area contributed by atoms with Gasteiger partial charge in [-0.05, 0) is 18.2 Å². The van der Waals surface area contributed by atoms with Gasteiger partial charge in [0.25, 0.3) is 5.69 Å². The Morgan fingerprint density at radius 1 is 1.27 bits per heavy atom. The van der Waals surface area contributed by atoms with Gasteiger partial charge in [0.05, 0.1) is 18.1 Å². The Labute approximate surface area is 126 Å². The molecule has 3 rings (SSSR count). The highest BCUT2D eigenvalue weighted by Gasteiger charge is 2.14. The van der Waals surface area contributed by atoms with E-state index in [2.05, 4.69) is 9.98 Å². The van der Waals surface area contributed by atoms with E-state index in [1.165, 1.54) is 13.2 Å². The number of ether oxygens (including phenoxy) is 1. The van der Waals surface area contributed by atoms with Crippen molar-refractivity contribution in [1.82, 2.24) is 4.98 Å². The van der Waals surface area contributed by atoms with Crippen molar-refractivity contribution in [3.8, 4) is 5.75 Å². The molecule has 110 valence electrons. The first-order chi connectivity index (χ1) is 10.7. The molecule has 0 atom stereocenters. The van der Waals surface area contributed by atoms with Crippen LogP contribution in [-0.2, 0) is 0 Å². The van der Waals surface area contributed by atoms with Crippen LogP contribution in [0, 0.1) is 10.1 Å². The minimum atomic E-state index is -0.468. The van der Waals surface area contributed by atoms with E-state index < -0.39 is 4.92 Å². The Morgan fingerprint density at radius 3 is 2.86 bits per heavy atom. The zero-order valence-electron chi connectivity index (χ0n) is 11.8. The van der Waals surface area contributed by atoms with Crippen molar-refractivity contribution in [2.75, 3.05) is 7.11 Å². The fourth-order valence-electron chi connectivity index (χ4n) is 2.23. The molecule has 1 heterocycles. The molecule has 0 bridgehead atoms. The van der Waals surface area contributed by atoms with E-state index >= 15 is 0 Å². The number of nitrogens with zero attached hydrogens (tertiary/aromatic N) is 2. The van der Waals surface area contributed by atoms with Gasteiger partial charge >= 0.3 is 0 Å². The first kappa shape index (κ1) is 13.8. The Hall–Kier alpha value is -3.15. The van der Waals surface area contributed by atoms with Gasteiger partial charge in [-0.2, -0.15) is 0 Å². The van der Waals surface area contributed by atoms with E-state index in [0.717, 1.165) is 16.5 Å². The van der Waals surface area contributed by atoms with Gasteiger partial charge in [0.1, 0.15) is 11.4 Å². The monoisotopic (exact) mass is 295 g/mol. The molecule has 2 aromatic carbocycles. The third kappa shape index (κ3) is 2.54. The fourth-order valence-corrected chi connectivity index (χ4v) is 2.23. The third-order valence-corrected chi connectivity index (χ3v) is 3.34. The van der Waals surface area contributed by atoms with Gasteiger partial charge < -0.3 is 9.72 Å². The van der Waals surface area contributed by atoms with Crippen LogP contribution in [0.4, 0.5) is 11.4 Å². The first-order valence-corrected chi connectivity index (χ1v) is 6.61. The molecule has 0 saturated heterocycles. The second-order valence-electron chi connectivity index (χ2n) is 4.66.